The molecule has 0 bridgehead atoms. The van der Waals surface area contributed by atoms with Crippen molar-refractivity contribution in [2.75, 3.05) is 0 Å². The van der Waals surface area contributed by atoms with Crippen molar-refractivity contribution in [3.63, 3.8) is 0 Å². The van der Waals surface area contributed by atoms with Crippen molar-refractivity contribution in [3.05, 3.63) is 63.3 Å². The minimum Gasteiger partial charge on any atom is -0.254 e. The van der Waals surface area contributed by atoms with E-state index in [9.17, 15) is 0 Å². The Bertz CT molecular complexity index is 610. The fourth-order valence-corrected chi connectivity index (χ4v) is 1.80. The predicted octanol–water partition coefficient (Wildman–Crippen LogP) is 4.56. The second kappa shape index (κ2) is 5.81. The van der Waals surface area contributed by atoms with Gasteiger partial charge in [0.2, 0.25) is 0 Å². The largest absolute Gasteiger partial charge is 0.254 e. The summed E-state index contributed by atoms with van der Waals surface area (Å²) in [5.74, 6) is 0. The number of hydrogen-bond acceptors (Lipinski definition) is 2. The average Bonchev–Trinajstić information content (AvgIpc) is 2.39. The highest BCUT2D eigenvalue weighted by Crippen LogP contribution is 2.18. The third-order valence-corrected chi connectivity index (χ3v) is 3.06. The highest BCUT2D eigenvalue weighted by Gasteiger charge is 2.02. The summed E-state index contributed by atoms with van der Waals surface area (Å²) in [6, 6.07) is 13.3. The number of pyridine rings is 1. The molecule has 0 amide bonds. The third-order valence-electron chi connectivity index (χ3n) is 2.30. The Kier molecular flexibility index (Phi) is 4.14. The Hall–Kier alpha value is -1.63. The normalized spacial score (nSPS) is 11.1. The summed E-state index contributed by atoms with van der Waals surface area (Å²) in [4.78, 5) is 4.13. The zero-order chi connectivity index (χ0) is 13.0. The van der Waals surface area contributed by atoms with Crippen LogP contribution in [0.15, 0.2) is 47.1 Å². The predicted molar refractivity (Wildman–Crippen MR) is 76.9 cm³/mol. The van der Waals surface area contributed by atoms with E-state index >= 15 is 0 Å². The van der Waals surface area contributed by atoms with E-state index in [0.717, 1.165) is 10.0 Å². The standard InChI is InChI=1S/C14H8BrClN2/c15-12-3-1-10(2-4-12)7-11(8-17)14-6-5-13(16)9-18-14/h1-7,9H/b11-7+. The van der Waals surface area contributed by atoms with Gasteiger partial charge in [-0.25, -0.2) is 0 Å². The van der Waals surface area contributed by atoms with Crippen molar-refractivity contribution >= 4 is 39.2 Å². The van der Waals surface area contributed by atoms with Crippen LogP contribution in [-0.2, 0) is 0 Å². The van der Waals surface area contributed by atoms with E-state index in [-0.39, 0.29) is 0 Å². The summed E-state index contributed by atoms with van der Waals surface area (Å²) < 4.78 is 1.00. The molecule has 1 aromatic carbocycles. The summed E-state index contributed by atoms with van der Waals surface area (Å²) >= 11 is 9.14. The molecular weight excluding hydrogens is 312 g/mol. The van der Waals surface area contributed by atoms with Crippen LogP contribution >= 0.6 is 27.5 Å². The molecule has 1 heterocycles. The summed E-state index contributed by atoms with van der Waals surface area (Å²) in [7, 11) is 0. The van der Waals surface area contributed by atoms with Gasteiger partial charge in [-0.3, -0.25) is 4.98 Å². The lowest BCUT2D eigenvalue weighted by Crippen LogP contribution is -1.86. The summed E-state index contributed by atoms with van der Waals surface area (Å²) in [5.41, 5.74) is 2.07. The maximum absolute atomic E-state index is 9.16. The number of halogens is 2. The molecule has 2 nitrogen and oxygen atoms in total. The molecule has 1 aromatic heterocycles. The minimum absolute atomic E-state index is 0.508. The SMILES string of the molecule is N#C/C(=C\c1ccc(Br)cc1)c1ccc(Cl)cn1. The van der Waals surface area contributed by atoms with Crippen LogP contribution in [-0.4, -0.2) is 4.98 Å². The van der Waals surface area contributed by atoms with Crippen LogP contribution in [0.25, 0.3) is 11.6 Å². The molecule has 0 aliphatic carbocycles. The summed E-state index contributed by atoms with van der Waals surface area (Å²) in [6.07, 6.45) is 3.33. The van der Waals surface area contributed by atoms with Crippen molar-refractivity contribution < 1.29 is 0 Å². The number of nitrogens with zero attached hydrogens (tertiary/aromatic N) is 2. The van der Waals surface area contributed by atoms with E-state index in [2.05, 4.69) is 27.0 Å². The number of rotatable bonds is 2. The lowest BCUT2D eigenvalue weighted by molar-refractivity contribution is 1.28. The van der Waals surface area contributed by atoms with Gasteiger partial charge in [-0.2, -0.15) is 5.26 Å². The second-order valence-electron chi connectivity index (χ2n) is 3.58. The van der Waals surface area contributed by atoms with E-state index in [1.807, 2.05) is 24.3 Å². The number of allylic oxidation sites excluding steroid dienone is 1. The molecule has 0 spiro atoms. The molecule has 4 heteroatoms. The Balaban J connectivity index is 2.37. The van der Waals surface area contributed by atoms with E-state index in [1.165, 1.54) is 6.20 Å². The molecule has 2 aromatic rings. The minimum atomic E-state index is 0.508. The topological polar surface area (TPSA) is 36.7 Å². The maximum atomic E-state index is 9.16. The van der Waals surface area contributed by atoms with E-state index in [0.29, 0.717) is 16.3 Å². The first-order valence-electron chi connectivity index (χ1n) is 5.18. The fraction of sp³-hybridized carbons (Fsp3) is 0. The number of benzene rings is 1. The van der Waals surface area contributed by atoms with E-state index < -0.39 is 0 Å². The number of nitriles is 1. The number of aromatic nitrogens is 1. The lowest BCUT2D eigenvalue weighted by Gasteiger charge is -1.99. The quantitative estimate of drug-likeness (QED) is 0.761. The molecule has 0 aliphatic rings. The van der Waals surface area contributed by atoms with Gasteiger partial charge in [-0.15, -0.1) is 0 Å². The first-order chi connectivity index (χ1) is 8.69. The first kappa shape index (κ1) is 12.8. The van der Waals surface area contributed by atoms with E-state index in [1.54, 1.807) is 18.2 Å². The highest BCUT2D eigenvalue weighted by atomic mass is 79.9. The Morgan fingerprint density at radius 3 is 2.50 bits per heavy atom. The molecule has 0 saturated heterocycles. The van der Waals surface area contributed by atoms with Gasteiger partial charge < -0.3 is 0 Å². The van der Waals surface area contributed by atoms with Crippen LogP contribution in [0.5, 0.6) is 0 Å². The average molecular weight is 320 g/mol. The zero-order valence-electron chi connectivity index (χ0n) is 9.27. The van der Waals surface area contributed by atoms with Gasteiger partial charge in [-0.1, -0.05) is 39.7 Å². The van der Waals surface area contributed by atoms with Crippen LogP contribution in [0, 0.1) is 11.3 Å². The van der Waals surface area contributed by atoms with Crippen LogP contribution < -0.4 is 0 Å². The zero-order valence-corrected chi connectivity index (χ0v) is 11.6. The van der Waals surface area contributed by atoms with Gasteiger partial charge in [0.05, 0.1) is 16.3 Å². The molecule has 0 fully saturated rings. The van der Waals surface area contributed by atoms with Crippen molar-refractivity contribution in [2.45, 2.75) is 0 Å². The Morgan fingerprint density at radius 1 is 1.22 bits per heavy atom. The van der Waals surface area contributed by atoms with Gasteiger partial charge in [0.25, 0.3) is 0 Å². The van der Waals surface area contributed by atoms with Gasteiger partial charge in [-0.05, 0) is 35.9 Å². The van der Waals surface area contributed by atoms with Crippen molar-refractivity contribution in [2.24, 2.45) is 0 Å². The first-order valence-corrected chi connectivity index (χ1v) is 6.35. The Labute approximate surface area is 119 Å². The number of hydrogen-bond donors (Lipinski definition) is 0. The maximum Gasteiger partial charge on any atom is 0.101 e. The smallest absolute Gasteiger partial charge is 0.101 e. The van der Waals surface area contributed by atoms with Crippen LogP contribution in [0.1, 0.15) is 11.3 Å². The summed E-state index contributed by atoms with van der Waals surface area (Å²) in [5, 5.41) is 9.72. The molecule has 0 atom stereocenters. The van der Waals surface area contributed by atoms with Crippen LogP contribution in [0.4, 0.5) is 0 Å². The second-order valence-corrected chi connectivity index (χ2v) is 4.94. The molecule has 88 valence electrons. The molecule has 0 radical (unpaired) electrons. The molecule has 0 aliphatic heterocycles. The van der Waals surface area contributed by atoms with Crippen LogP contribution in [0.3, 0.4) is 0 Å². The van der Waals surface area contributed by atoms with Crippen LogP contribution in [0.2, 0.25) is 5.02 Å². The highest BCUT2D eigenvalue weighted by molar-refractivity contribution is 9.10. The van der Waals surface area contributed by atoms with Gasteiger partial charge in [0.15, 0.2) is 0 Å². The monoisotopic (exact) mass is 318 g/mol. The lowest BCUT2D eigenvalue weighted by atomic mass is 10.1. The van der Waals surface area contributed by atoms with Gasteiger partial charge in [0, 0.05) is 10.7 Å². The van der Waals surface area contributed by atoms with Crippen molar-refractivity contribution in [1.82, 2.24) is 4.98 Å². The molecule has 2 rings (SSSR count). The van der Waals surface area contributed by atoms with Gasteiger partial charge in [0.1, 0.15) is 6.07 Å². The van der Waals surface area contributed by atoms with E-state index in [4.69, 9.17) is 16.9 Å². The molecule has 18 heavy (non-hydrogen) atoms. The fourth-order valence-electron chi connectivity index (χ4n) is 1.42. The van der Waals surface area contributed by atoms with Crippen molar-refractivity contribution in [3.8, 4) is 6.07 Å². The van der Waals surface area contributed by atoms with Gasteiger partial charge >= 0.3 is 0 Å². The molecule has 0 saturated carbocycles. The third kappa shape index (κ3) is 3.19. The summed E-state index contributed by atoms with van der Waals surface area (Å²) in [6.45, 7) is 0. The Morgan fingerprint density at radius 2 is 1.94 bits per heavy atom. The molecule has 0 unspecified atom stereocenters. The van der Waals surface area contributed by atoms with Crippen molar-refractivity contribution in [1.29, 1.82) is 5.26 Å². The molecular formula is C14H8BrClN2. The molecule has 0 N–H and O–H groups in total.